The predicted octanol–water partition coefficient (Wildman–Crippen LogP) is 2.92. The minimum Gasteiger partial charge on any atom is -0.493 e. The molecule has 0 aromatic heterocycles. The Morgan fingerprint density at radius 2 is 1.67 bits per heavy atom. The van der Waals surface area contributed by atoms with Gasteiger partial charge in [0.05, 0.1) is 21.3 Å². The summed E-state index contributed by atoms with van der Waals surface area (Å²) in [6, 6.07) is 14.8. The van der Waals surface area contributed by atoms with E-state index < -0.39 is 5.97 Å². The van der Waals surface area contributed by atoms with Gasteiger partial charge in [-0.25, -0.2) is 0 Å². The molecule has 0 aliphatic rings. The van der Waals surface area contributed by atoms with Gasteiger partial charge in [0, 0.05) is 12.6 Å². The molecule has 0 unspecified atom stereocenters. The minimum atomic E-state index is -0.473. The van der Waals surface area contributed by atoms with E-state index in [0.29, 0.717) is 18.0 Å². The number of nitrogens with zero attached hydrogens (tertiary/aromatic N) is 1. The van der Waals surface area contributed by atoms with E-state index in [1.165, 1.54) is 18.1 Å². The van der Waals surface area contributed by atoms with E-state index in [9.17, 15) is 9.59 Å². The second kappa shape index (κ2) is 10.0. The Balaban J connectivity index is 2.16. The molecule has 2 aromatic carbocycles. The molecule has 6 nitrogen and oxygen atoms in total. The molecule has 0 atom stereocenters. The highest BCUT2D eigenvalue weighted by atomic mass is 16.5. The normalized spacial score (nSPS) is 10.5. The molecule has 0 saturated heterocycles. The van der Waals surface area contributed by atoms with Crippen LogP contribution in [0.1, 0.15) is 11.1 Å². The van der Waals surface area contributed by atoms with Crippen LogP contribution in [0, 0.1) is 0 Å². The first kappa shape index (κ1) is 20.0. The van der Waals surface area contributed by atoms with Crippen molar-refractivity contribution in [1.29, 1.82) is 0 Å². The summed E-state index contributed by atoms with van der Waals surface area (Å²) >= 11 is 0. The maximum absolute atomic E-state index is 12.6. The van der Waals surface area contributed by atoms with E-state index in [0.717, 1.165) is 11.1 Å². The molecule has 2 aromatic rings. The molecule has 142 valence electrons. The Morgan fingerprint density at radius 3 is 2.30 bits per heavy atom. The zero-order valence-corrected chi connectivity index (χ0v) is 15.7. The van der Waals surface area contributed by atoms with Crippen molar-refractivity contribution in [2.45, 2.75) is 6.54 Å². The van der Waals surface area contributed by atoms with Crippen molar-refractivity contribution >= 4 is 18.0 Å². The fraction of sp³-hybridized carbons (Fsp3) is 0.238. The summed E-state index contributed by atoms with van der Waals surface area (Å²) in [4.78, 5) is 25.7. The Kier molecular flexibility index (Phi) is 7.43. The van der Waals surface area contributed by atoms with Gasteiger partial charge in [0.1, 0.15) is 6.54 Å². The molecule has 1 amide bonds. The number of ether oxygens (including phenoxy) is 3. The summed E-state index contributed by atoms with van der Waals surface area (Å²) in [6.07, 6.45) is 3.09. The number of amides is 1. The van der Waals surface area contributed by atoms with Gasteiger partial charge in [-0.15, -0.1) is 0 Å². The number of hydrogen-bond donors (Lipinski definition) is 0. The summed E-state index contributed by atoms with van der Waals surface area (Å²) in [5.41, 5.74) is 1.70. The zero-order valence-electron chi connectivity index (χ0n) is 15.7. The van der Waals surface area contributed by atoms with Crippen LogP contribution < -0.4 is 9.47 Å². The average molecular weight is 369 g/mol. The monoisotopic (exact) mass is 369 g/mol. The van der Waals surface area contributed by atoms with Crippen LogP contribution in [0.25, 0.3) is 6.08 Å². The highest BCUT2D eigenvalue weighted by Gasteiger charge is 2.16. The molecule has 0 bridgehead atoms. The molecule has 0 N–H and O–H groups in total. The highest BCUT2D eigenvalue weighted by molar-refractivity contribution is 5.93. The van der Waals surface area contributed by atoms with Gasteiger partial charge >= 0.3 is 5.97 Å². The molecule has 0 fully saturated rings. The van der Waals surface area contributed by atoms with Crippen LogP contribution in [0.5, 0.6) is 11.5 Å². The standard InChI is InChI=1S/C21H23NO5/c1-25-18-11-9-16(13-19(18)26-2)10-12-20(23)22(15-21(24)27-3)14-17-7-5-4-6-8-17/h4-13H,14-15H2,1-3H3/b12-10+. The molecule has 6 heteroatoms. The molecule has 0 heterocycles. The van der Waals surface area contributed by atoms with Gasteiger partial charge in [-0.3, -0.25) is 9.59 Å². The fourth-order valence-electron chi connectivity index (χ4n) is 2.47. The van der Waals surface area contributed by atoms with Crippen molar-refractivity contribution in [3.8, 4) is 11.5 Å². The van der Waals surface area contributed by atoms with E-state index in [4.69, 9.17) is 14.2 Å². The second-order valence-electron chi connectivity index (χ2n) is 5.70. The number of carbonyl (C=O) groups is 2. The summed E-state index contributed by atoms with van der Waals surface area (Å²) in [7, 11) is 4.41. The lowest BCUT2D eigenvalue weighted by Crippen LogP contribution is -2.34. The molecular formula is C21H23NO5. The van der Waals surface area contributed by atoms with E-state index in [2.05, 4.69) is 0 Å². The van der Waals surface area contributed by atoms with Crippen molar-refractivity contribution in [3.05, 3.63) is 65.7 Å². The molecule has 0 spiro atoms. The van der Waals surface area contributed by atoms with Crippen molar-refractivity contribution < 1.29 is 23.8 Å². The SMILES string of the molecule is COC(=O)CN(Cc1ccccc1)C(=O)/C=C/c1ccc(OC)c(OC)c1. The van der Waals surface area contributed by atoms with Gasteiger partial charge in [0.25, 0.3) is 0 Å². The van der Waals surface area contributed by atoms with E-state index >= 15 is 0 Å². The lowest BCUT2D eigenvalue weighted by molar-refractivity contribution is -0.145. The van der Waals surface area contributed by atoms with Gasteiger partial charge in [0.15, 0.2) is 11.5 Å². The van der Waals surface area contributed by atoms with Gasteiger partial charge in [0.2, 0.25) is 5.91 Å². The molecule has 27 heavy (non-hydrogen) atoms. The van der Waals surface area contributed by atoms with Crippen LogP contribution in [0.15, 0.2) is 54.6 Å². The van der Waals surface area contributed by atoms with Gasteiger partial charge in [-0.1, -0.05) is 36.4 Å². The van der Waals surface area contributed by atoms with E-state index in [1.807, 2.05) is 36.4 Å². The smallest absolute Gasteiger partial charge is 0.325 e. The quantitative estimate of drug-likeness (QED) is 0.529. The third-order valence-electron chi connectivity index (χ3n) is 3.90. The third-order valence-corrected chi connectivity index (χ3v) is 3.90. The maximum atomic E-state index is 12.6. The Labute approximate surface area is 159 Å². The maximum Gasteiger partial charge on any atom is 0.325 e. The van der Waals surface area contributed by atoms with Crippen LogP contribution >= 0.6 is 0 Å². The molecule has 2 rings (SSSR count). The van der Waals surface area contributed by atoms with Crippen molar-refractivity contribution in [2.24, 2.45) is 0 Å². The first-order chi connectivity index (χ1) is 13.1. The summed E-state index contributed by atoms with van der Waals surface area (Å²) in [5, 5.41) is 0. The largest absolute Gasteiger partial charge is 0.493 e. The predicted molar refractivity (Wildman–Crippen MR) is 102 cm³/mol. The Morgan fingerprint density at radius 1 is 0.963 bits per heavy atom. The topological polar surface area (TPSA) is 65.1 Å². The Hall–Kier alpha value is -3.28. The second-order valence-corrected chi connectivity index (χ2v) is 5.70. The van der Waals surface area contributed by atoms with Gasteiger partial charge in [-0.2, -0.15) is 0 Å². The first-order valence-corrected chi connectivity index (χ1v) is 8.37. The van der Waals surface area contributed by atoms with Crippen LogP contribution in [0.4, 0.5) is 0 Å². The average Bonchev–Trinajstić information content (AvgIpc) is 2.71. The number of hydrogen-bond acceptors (Lipinski definition) is 5. The fourth-order valence-corrected chi connectivity index (χ4v) is 2.47. The number of rotatable bonds is 8. The summed E-state index contributed by atoms with van der Waals surface area (Å²) in [5.74, 6) is 0.415. The number of methoxy groups -OCH3 is 3. The molecule has 0 saturated carbocycles. The Bertz CT molecular complexity index is 801. The van der Waals surface area contributed by atoms with Crippen LogP contribution in [-0.2, 0) is 20.9 Å². The van der Waals surface area contributed by atoms with Crippen LogP contribution in [0.3, 0.4) is 0 Å². The minimum absolute atomic E-state index is 0.125. The number of esters is 1. The van der Waals surface area contributed by atoms with Gasteiger partial charge < -0.3 is 19.1 Å². The van der Waals surface area contributed by atoms with Crippen molar-refractivity contribution in [3.63, 3.8) is 0 Å². The third kappa shape index (κ3) is 5.88. The van der Waals surface area contributed by atoms with Crippen LogP contribution in [0.2, 0.25) is 0 Å². The first-order valence-electron chi connectivity index (χ1n) is 8.37. The van der Waals surface area contributed by atoms with Gasteiger partial charge in [-0.05, 0) is 29.3 Å². The van der Waals surface area contributed by atoms with E-state index in [-0.39, 0.29) is 12.5 Å². The lowest BCUT2D eigenvalue weighted by atomic mass is 10.1. The summed E-state index contributed by atoms with van der Waals surface area (Å²) < 4.78 is 15.2. The van der Waals surface area contributed by atoms with Crippen molar-refractivity contribution in [1.82, 2.24) is 4.90 Å². The highest BCUT2D eigenvalue weighted by Crippen LogP contribution is 2.28. The number of benzene rings is 2. The summed E-state index contributed by atoms with van der Waals surface area (Å²) in [6.45, 7) is 0.186. The van der Waals surface area contributed by atoms with Crippen molar-refractivity contribution in [2.75, 3.05) is 27.9 Å². The molecule has 0 aliphatic heterocycles. The molecular weight excluding hydrogens is 346 g/mol. The molecule has 0 radical (unpaired) electrons. The lowest BCUT2D eigenvalue weighted by Gasteiger charge is -2.20. The van der Waals surface area contributed by atoms with E-state index in [1.54, 1.807) is 32.4 Å². The number of carbonyl (C=O) groups excluding carboxylic acids is 2. The van der Waals surface area contributed by atoms with Crippen LogP contribution in [-0.4, -0.2) is 44.7 Å². The molecule has 0 aliphatic carbocycles. The zero-order chi connectivity index (χ0) is 19.6.